The smallest absolute Gasteiger partial charge is 0.257 e. The van der Waals surface area contributed by atoms with Crippen LogP contribution in [0.3, 0.4) is 0 Å². The van der Waals surface area contributed by atoms with Gasteiger partial charge in [-0.25, -0.2) is 17.2 Å². The molecule has 28 heavy (non-hydrogen) atoms. The van der Waals surface area contributed by atoms with Crippen molar-refractivity contribution in [2.45, 2.75) is 17.2 Å². The fourth-order valence-corrected chi connectivity index (χ4v) is 4.74. The zero-order valence-corrected chi connectivity index (χ0v) is 17.2. The van der Waals surface area contributed by atoms with E-state index in [2.05, 4.69) is 21.2 Å². The standard InChI is InChI=1S/C17H14BrClF2N2O4S/c18-12-5-9(1-4-14(12)20)22-17(25)11-6-10(2-3-13(11)19)28(26,27)23-7-15(21)16(24)8-23/h1-6,15-16,24H,7-8H2,(H,22,25). The monoisotopic (exact) mass is 494 g/mol. The van der Waals surface area contributed by atoms with E-state index in [1.807, 2.05) is 0 Å². The Hall–Kier alpha value is -1.59. The Balaban J connectivity index is 1.88. The molecule has 1 aliphatic heterocycles. The zero-order chi connectivity index (χ0) is 20.6. The van der Waals surface area contributed by atoms with E-state index in [-0.39, 0.29) is 32.2 Å². The molecule has 0 radical (unpaired) electrons. The number of amides is 1. The second-order valence-corrected chi connectivity index (χ2v) is 9.33. The first kappa shape index (κ1) is 21.1. The Morgan fingerprint density at radius 1 is 1.25 bits per heavy atom. The molecule has 0 aliphatic carbocycles. The van der Waals surface area contributed by atoms with Crippen molar-refractivity contribution in [1.82, 2.24) is 4.31 Å². The Morgan fingerprint density at radius 3 is 2.57 bits per heavy atom. The largest absolute Gasteiger partial charge is 0.389 e. The number of β-amino-alcohol motifs (C(OH)–C–C–N with tert-alkyl or cyclic N) is 1. The van der Waals surface area contributed by atoms with Gasteiger partial charge < -0.3 is 10.4 Å². The lowest BCUT2D eigenvalue weighted by Crippen LogP contribution is -2.30. The topological polar surface area (TPSA) is 86.7 Å². The number of aliphatic hydroxyl groups is 1. The fraction of sp³-hybridized carbons (Fsp3) is 0.235. The van der Waals surface area contributed by atoms with Gasteiger partial charge in [0.2, 0.25) is 10.0 Å². The van der Waals surface area contributed by atoms with Crippen molar-refractivity contribution in [3.05, 3.63) is 57.3 Å². The lowest BCUT2D eigenvalue weighted by Gasteiger charge is -2.16. The molecule has 1 heterocycles. The van der Waals surface area contributed by atoms with Gasteiger partial charge in [0.05, 0.1) is 20.0 Å². The summed E-state index contributed by atoms with van der Waals surface area (Å²) < 4.78 is 53.1. The van der Waals surface area contributed by atoms with Gasteiger partial charge in [0, 0.05) is 18.8 Å². The molecule has 3 rings (SSSR count). The molecule has 1 aliphatic rings. The van der Waals surface area contributed by atoms with Gasteiger partial charge in [-0.15, -0.1) is 0 Å². The first-order valence-corrected chi connectivity index (χ1v) is 10.6. The molecule has 2 unspecified atom stereocenters. The Labute approximate surface area is 173 Å². The average molecular weight is 496 g/mol. The second-order valence-electron chi connectivity index (χ2n) is 6.13. The number of halogens is 4. The van der Waals surface area contributed by atoms with Gasteiger partial charge in [0.25, 0.3) is 5.91 Å². The van der Waals surface area contributed by atoms with Crippen LogP contribution in [0.2, 0.25) is 5.02 Å². The highest BCUT2D eigenvalue weighted by Crippen LogP contribution is 2.27. The highest BCUT2D eigenvalue weighted by molar-refractivity contribution is 9.10. The SMILES string of the molecule is O=C(Nc1ccc(F)c(Br)c1)c1cc(S(=O)(=O)N2CC(O)C(F)C2)ccc1Cl. The van der Waals surface area contributed by atoms with Crippen molar-refractivity contribution in [1.29, 1.82) is 0 Å². The van der Waals surface area contributed by atoms with Crippen LogP contribution >= 0.6 is 27.5 Å². The molecule has 2 N–H and O–H groups in total. The number of rotatable bonds is 4. The van der Waals surface area contributed by atoms with Crippen molar-refractivity contribution >= 4 is 49.1 Å². The summed E-state index contributed by atoms with van der Waals surface area (Å²) in [4.78, 5) is 12.3. The van der Waals surface area contributed by atoms with Crippen molar-refractivity contribution in [2.75, 3.05) is 18.4 Å². The molecule has 1 saturated heterocycles. The number of hydrogen-bond acceptors (Lipinski definition) is 4. The van der Waals surface area contributed by atoms with Crippen molar-refractivity contribution in [3.63, 3.8) is 0 Å². The molecule has 150 valence electrons. The van der Waals surface area contributed by atoms with Crippen molar-refractivity contribution in [2.24, 2.45) is 0 Å². The third kappa shape index (κ3) is 4.20. The first-order chi connectivity index (χ1) is 13.1. The van der Waals surface area contributed by atoms with Gasteiger partial charge in [0.1, 0.15) is 18.1 Å². The molecule has 0 saturated carbocycles. The summed E-state index contributed by atoms with van der Waals surface area (Å²) in [7, 11) is -4.12. The van der Waals surface area contributed by atoms with Crippen molar-refractivity contribution in [3.8, 4) is 0 Å². The van der Waals surface area contributed by atoms with Gasteiger partial charge >= 0.3 is 0 Å². The van der Waals surface area contributed by atoms with Crippen molar-refractivity contribution < 1.29 is 27.1 Å². The van der Waals surface area contributed by atoms with Crippen LogP contribution in [0.1, 0.15) is 10.4 Å². The molecule has 0 aromatic heterocycles. The number of carbonyl (C=O) groups excluding carboxylic acids is 1. The number of hydrogen-bond donors (Lipinski definition) is 2. The lowest BCUT2D eigenvalue weighted by atomic mass is 10.2. The van der Waals surface area contributed by atoms with E-state index in [1.54, 1.807) is 0 Å². The van der Waals surface area contributed by atoms with E-state index in [9.17, 15) is 27.1 Å². The number of anilines is 1. The molecule has 0 bridgehead atoms. The van der Waals surface area contributed by atoms with Crippen LogP contribution in [0.5, 0.6) is 0 Å². The summed E-state index contributed by atoms with van der Waals surface area (Å²) in [6.07, 6.45) is -3.08. The van der Waals surface area contributed by atoms with E-state index in [0.29, 0.717) is 0 Å². The molecule has 2 aromatic carbocycles. The van der Waals surface area contributed by atoms with E-state index in [4.69, 9.17) is 11.6 Å². The number of benzene rings is 2. The lowest BCUT2D eigenvalue weighted by molar-refractivity contribution is 0.102. The minimum absolute atomic E-state index is 0.00227. The van der Waals surface area contributed by atoms with Gasteiger partial charge in [-0.2, -0.15) is 4.31 Å². The van der Waals surface area contributed by atoms with Gasteiger partial charge in [-0.3, -0.25) is 4.79 Å². The summed E-state index contributed by atoms with van der Waals surface area (Å²) in [5, 5.41) is 12.0. The molecule has 2 atom stereocenters. The number of carbonyl (C=O) groups is 1. The van der Waals surface area contributed by atoms with E-state index in [0.717, 1.165) is 16.4 Å². The van der Waals surface area contributed by atoms with E-state index >= 15 is 0 Å². The number of nitrogens with zero attached hydrogens (tertiary/aromatic N) is 1. The number of sulfonamides is 1. The van der Waals surface area contributed by atoms with Crippen LogP contribution in [-0.4, -0.2) is 49.1 Å². The molecule has 0 spiro atoms. The molecule has 1 amide bonds. The number of alkyl halides is 1. The van der Waals surface area contributed by atoms with Crippen LogP contribution in [0, 0.1) is 5.82 Å². The predicted molar refractivity (Wildman–Crippen MR) is 103 cm³/mol. The molecule has 2 aromatic rings. The Morgan fingerprint density at radius 2 is 1.96 bits per heavy atom. The Bertz CT molecular complexity index is 1030. The van der Waals surface area contributed by atoms with Crippen LogP contribution in [-0.2, 0) is 10.0 Å². The number of aliphatic hydroxyl groups excluding tert-OH is 1. The summed E-state index contributed by atoms with van der Waals surface area (Å²) in [5.74, 6) is -1.21. The third-order valence-corrected chi connectivity index (χ3v) is 6.95. The van der Waals surface area contributed by atoms with Crippen LogP contribution in [0.15, 0.2) is 45.8 Å². The fourth-order valence-electron chi connectivity index (χ4n) is 2.67. The van der Waals surface area contributed by atoms with Crippen LogP contribution < -0.4 is 5.32 Å². The third-order valence-electron chi connectivity index (χ3n) is 4.18. The zero-order valence-electron chi connectivity index (χ0n) is 14.1. The minimum atomic E-state index is -4.12. The van der Waals surface area contributed by atoms with Gasteiger partial charge in [-0.05, 0) is 52.3 Å². The number of nitrogens with one attached hydrogen (secondary N) is 1. The first-order valence-electron chi connectivity index (χ1n) is 7.98. The average Bonchev–Trinajstić information content (AvgIpc) is 2.98. The molecule has 11 heteroatoms. The summed E-state index contributed by atoms with van der Waals surface area (Å²) >= 11 is 9.03. The van der Waals surface area contributed by atoms with Crippen LogP contribution in [0.25, 0.3) is 0 Å². The van der Waals surface area contributed by atoms with E-state index < -0.39 is 40.6 Å². The minimum Gasteiger partial charge on any atom is -0.389 e. The summed E-state index contributed by atoms with van der Waals surface area (Å²) in [6, 6.07) is 7.33. The maximum absolute atomic E-state index is 13.5. The predicted octanol–water partition coefficient (Wildman–Crippen LogP) is 3.20. The molecular weight excluding hydrogens is 482 g/mol. The maximum Gasteiger partial charge on any atom is 0.257 e. The molecule has 6 nitrogen and oxygen atoms in total. The molecule has 1 fully saturated rings. The quantitative estimate of drug-likeness (QED) is 0.682. The second kappa shape index (κ2) is 8.03. The maximum atomic E-state index is 13.5. The van der Waals surface area contributed by atoms with E-state index in [1.165, 1.54) is 24.3 Å². The molecular formula is C17H14BrClF2N2O4S. The highest BCUT2D eigenvalue weighted by atomic mass is 79.9. The summed E-state index contributed by atoms with van der Waals surface area (Å²) in [6.45, 7) is -0.853. The summed E-state index contributed by atoms with van der Waals surface area (Å²) in [5.41, 5.74) is 0.144. The van der Waals surface area contributed by atoms with Gasteiger partial charge in [0.15, 0.2) is 0 Å². The van der Waals surface area contributed by atoms with Gasteiger partial charge in [-0.1, -0.05) is 11.6 Å². The normalized spacial score (nSPS) is 20.3. The van der Waals surface area contributed by atoms with Crippen LogP contribution in [0.4, 0.5) is 14.5 Å². The Kier molecular flexibility index (Phi) is 6.06. The highest BCUT2D eigenvalue weighted by Gasteiger charge is 2.39.